The summed E-state index contributed by atoms with van der Waals surface area (Å²) < 4.78 is 0. The number of hydrogen-bond donors (Lipinski definition) is 3. The highest BCUT2D eigenvalue weighted by atomic mass is 16.3. The van der Waals surface area contributed by atoms with Gasteiger partial charge in [0.1, 0.15) is 0 Å². The second kappa shape index (κ2) is 14.4. The maximum absolute atomic E-state index is 9.12. The topological polar surface area (TPSA) is 60.7 Å². The van der Waals surface area contributed by atoms with E-state index < -0.39 is 0 Å². The van der Waals surface area contributed by atoms with Gasteiger partial charge in [0.2, 0.25) is 0 Å². The molecule has 0 aliphatic heterocycles. The lowest BCUT2D eigenvalue weighted by Crippen LogP contribution is -1.92. The third-order valence-electron chi connectivity index (χ3n) is 3.85. The van der Waals surface area contributed by atoms with Crippen LogP contribution in [0.5, 0.6) is 0 Å². The van der Waals surface area contributed by atoms with Gasteiger partial charge in [0.05, 0.1) is 19.8 Å². The quantitative estimate of drug-likeness (QED) is 0.475. The summed E-state index contributed by atoms with van der Waals surface area (Å²) in [4.78, 5) is 0. The van der Waals surface area contributed by atoms with E-state index in [9.17, 15) is 0 Å². The van der Waals surface area contributed by atoms with Crippen molar-refractivity contribution in [2.75, 3.05) is 19.8 Å². The molecule has 3 nitrogen and oxygen atoms in total. The first-order valence-electron chi connectivity index (χ1n) is 8.50. The molecule has 0 aliphatic carbocycles. The fourth-order valence-electron chi connectivity index (χ4n) is 2.24. The molecule has 0 fully saturated rings. The Balaban J connectivity index is 4.03. The molecule has 0 radical (unpaired) electrons. The zero-order chi connectivity index (χ0) is 17.5. The highest BCUT2D eigenvalue weighted by Gasteiger charge is 1.95. The van der Waals surface area contributed by atoms with Crippen molar-refractivity contribution in [1.29, 1.82) is 0 Å². The van der Waals surface area contributed by atoms with Crippen molar-refractivity contribution >= 4 is 0 Å². The smallest absolute Gasteiger partial charge is 0.0642 e. The van der Waals surface area contributed by atoms with Crippen LogP contribution in [0.25, 0.3) is 0 Å². The highest BCUT2D eigenvalue weighted by Crippen LogP contribution is 2.13. The molecule has 0 rings (SSSR count). The Hall–Kier alpha value is -1.16. The van der Waals surface area contributed by atoms with Gasteiger partial charge in [-0.3, -0.25) is 0 Å². The molecule has 0 heterocycles. The molecule has 3 heteroatoms. The lowest BCUT2D eigenvalue weighted by Gasteiger charge is -2.03. The van der Waals surface area contributed by atoms with Gasteiger partial charge in [0.15, 0.2) is 0 Å². The molecular weight excluding hydrogens is 288 g/mol. The first-order chi connectivity index (χ1) is 11.0. The van der Waals surface area contributed by atoms with E-state index >= 15 is 0 Å². The Morgan fingerprint density at radius 3 is 1.52 bits per heavy atom. The molecular formula is C20H34O3. The summed E-state index contributed by atoms with van der Waals surface area (Å²) in [5, 5.41) is 26.9. The molecule has 0 spiro atoms. The van der Waals surface area contributed by atoms with Gasteiger partial charge in [-0.15, -0.1) is 0 Å². The molecule has 0 aliphatic rings. The fraction of sp³-hybridized carbons (Fsp3) is 0.600. The van der Waals surface area contributed by atoms with Crippen LogP contribution in [0.4, 0.5) is 0 Å². The van der Waals surface area contributed by atoms with Gasteiger partial charge >= 0.3 is 0 Å². The summed E-state index contributed by atoms with van der Waals surface area (Å²) >= 11 is 0. The molecule has 0 aromatic heterocycles. The van der Waals surface area contributed by atoms with Crippen LogP contribution in [0.1, 0.15) is 59.3 Å². The van der Waals surface area contributed by atoms with E-state index in [1.54, 1.807) is 6.08 Å². The van der Waals surface area contributed by atoms with Crippen LogP contribution < -0.4 is 0 Å². The van der Waals surface area contributed by atoms with Crippen molar-refractivity contribution in [2.24, 2.45) is 0 Å². The van der Waals surface area contributed by atoms with Crippen molar-refractivity contribution < 1.29 is 15.3 Å². The van der Waals surface area contributed by atoms with E-state index in [0.29, 0.717) is 0 Å². The van der Waals surface area contributed by atoms with E-state index in [1.165, 1.54) is 11.1 Å². The van der Waals surface area contributed by atoms with Crippen molar-refractivity contribution in [2.45, 2.75) is 59.3 Å². The standard InChI is InChI=1S/C20H34O3/c1-17(9-5-11-19(3)15-22)7-4-8-18(2)10-6-12-20(16-23)13-14-21/h7,10-11,13,21-23H,4-6,8-9,12,14-16H2,1-3H3. The molecule has 0 aromatic carbocycles. The summed E-state index contributed by atoms with van der Waals surface area (Å²) in [7, 11) is 0. The maximum atomic E-state index is 9.12. The second-order valence-electron chi connectivity index (χ2n) is 6.13. The van der Waals surface area contributed by atoms with E-state index in [-0.39, 0.29) is 19.8 Å². The zero-order valence-electron chi connectivity index (χ0n) is 15.0. The van der Waals surface area contributed by atoms with Crippen molar-refractivity contribution in [3.05, 3.63) is 46.6 Å². The van der Waals surface area contributed by atoms with E-state index in [4.69, 9.17) is 15.3 Å². The Labute approximate surface area is 141 Å². The SMILES string of the molecule is CC(=CCCC(C)=CCCC(C)=CCCC(=CCO)CO)CO. The van der Waals surface area contributed by atoms with Gasteiger partial charge in [-0.05, 0) is 64.9 Å². The van der Waals surface area contributed by atoms with Gasteiger partial charge in [0.25, 0.3) is 0 Å². The molecule has 0 aromatic rings. The van der Waals surface area contributed by atoms with Crippen molar-refractivity contribution in [3.63, 3.8) is 0 Å². The number of rotatable bonds is 12. The van der Waals surface area contributed by atoms with Crippen LogP contribution in [-0.4, -0.2) is 35.1 Å². The Kier molecular flexibility index (Phi) is 13.7. The minimum absolute atomic E-state index is 0.00429. The Morgan fingerprint density at radius 1 is 0.609 bits per heavy atom. The third kappa shape index (κ3) is 13.0. The highest BCUT2D eigenvalue weighted by molar-refractivity contribution is 5.08. The first kappa shape index (κ1) is 21.8. The lowest BCUT2D eigenvalue weighted by molar-refractivity contribution is 0.315. The molecule has 132 valence electrons. The molecule has 23 heavy (non-hydrogen) atoms. The van der Waals surface area contributed by atoms with Crippen LogP contribution in [0.15, 0.2) is 46.6 Å². The number of allylic oxidation sites excluding steroid dienone is 5. The van der Waals surface area contributed by atoms with Crippen LogP contribution >= 0.6 is 0 Å². The monoisotopic (exact) mass is 322 g/mol. The second-order valence-corrected chi connectivity index (χ2v) is 6.13. The lowest BCUT2D eigenvalue weighted by atomic mass is 10.0. The summed E-state index contributed by atoms with van der Waals surface area (Å²) in [6, 6.07) is 0. The average molecular weight is 322 g/mol. The molecule has 0 atom stereocenters. The van der Waals surface area contributed by atoms with Gasteiger partial charge in [-0.1, -0.05) is 41.0 Å². The summed E-state index contributed by atoms with van der Waals surface area (Å²) in [5.41, 5.74) is 4.70. The Bertz CT molecular complexity index is 428. The number of aliphatic hydroxyl groups is 3. The minimum Gasteiger partial charge on any atom is -0.392 e. The fourth-order valence-corrected chi connectivity index (χ4v) is 2.24. The van der Waals surface area contributed by atoms with Crippen LogP contribution in [0.2, 0.25) is 0 Å². The predicted octanol–water partition coefficient (Wildman–Crippen LogP) is 4.07. The first-order valence-corrected chi connectivity index (χ1v) is 8.50. The zero-order valence-corrected chi connectivity index (χ0v) is 15.0. The molecule has 0 bridgehead atoms. The Morgan fingerprint density at radius 2 is 1.09 bits per heavy atom. The van der Waals surface area contributed by atoms with Gasteiger partial charge in [-0.2, -0.15) is 0 Å². The summed E-state index contributed by atoms with van der Waals surface area (Å²) in [5.74, 6) is 0. The van der Waals surface area contributed by atoms with Gasteiger partial charge in [0, 0.05) is 0 Å². The van der Waals surface area contributed by atoms with Crippen LogP contribution in [0, 0.1) is 0 Å². The van der Waals surface area contributed by atoms with Crippen molar-refractivity contribution in [3.8, 4) is 0 Å². The minimum atomic E-state index is -0.00429. The average Bonchev–Trinajstić information content (AvgIpc) is 2.53. The normalized spacial score (nSPS) is 14.5. The van der Waals surface area contributed by atoms with Crippen LogP contribution in [0.3, 0.4) is 0 Å². The molecule has 0 saturated heterocycles. The van der Waals surface area contributed by atoms with Gasteiger partial charge < -0.3 is 15.3 Å². The van der Waals surface area contributed by atoms with E-state index in [1.807, 2.05) is 6.92 Å². The molecule has 3 N–H and O–H groups in total. The molecule has 0 amide bonds. The third-order valence-corrected chi connectivity index (χ3v) is 3.85. The summed E-state index contributed by atoms with van der Waals surface area (Å²) in [6.07, 6.45) is 14.2. The largest absolute Gasteiger partial charge is 0.392 e. The molecule has 0 unspecified atom stereocenters. The van der Waals surface area contributed by atoms with Crippen molar-refractivity contribution in [1.82, 2.24) is 0 Å². The predicted molar refractivity (Wildman–Crippen MR) is 98.3 cm³/mol. The molecule has 0 saturated carbocycles. The summed E-state index contributed by atoms with van der Waals surface area (Å²) in [6.45, 7) is 6.43. The number of aliphatic hydroxyl groups excluding tert-OH is 3. The number of hydrogen-bond acceptors (Lipinski definition) is 3. The van der Waals surface area contributed by atoms with E-state index in [2.05, 4.69) is 32.1 Å². The van der Waals surface area contributed by atoms with E-state index in [0.717, 1.165) is 49.7 Å². The maximum Gasteiger partial charge on any atom is 0.0642 e. The van der Waals surface area contributed by atoms with Crippen LogP contribution in [-0.2, 0) is 0 Å². The van der Waals surface area contributed by atoms with Gasteiger partial charge in [-0.25, -0.2) is 0 Å².